The summed E-state index contributed by atoms with van der Waals surface area (Å²) in [6.45, 7) is 0. The summed E-state index contributed by atoms with van der Waals surface area (Å²) in [6, 6.07) is 9.02. The second-order valence-corrected chi connectivity index (χ2v) is 4.43. The van der Waals surface area contributed by atoms with E-state index in [1.165, 1.54) is 42.5 Å². The number of carboxylic acid groups (broad SMARTS) is 1. The van der Waals surface area contributed by atoms with Crippen molar-refractivity contribution in [3.8, 4) is 0 Å². The molecule has 0 aliphatic rings. The fraction of sp³-hybridized carbons (Fsp3) is 0. The Hall–Kier alpha value is -2.40. The van der Waals surface area contributed by atoms with Crippen molar-refractivity contribution in [2.24, 2.45) is 0 Å². The minimum absolute atomic E-state index is 0.0817. The zero-order chi connectivity index (χ0) is 14.7. The molecular weight excluding hydrogens is 285 g/mol. The van der Waals surface area contributed by atoms with Gasteiger partial charge in [0.05, 0.1) is 5.56 Å². The maximum atomic E-state index is 12.7. The first-order chi connectivity index (χ1) is 9.45. The van der Waals surface area contributed by atoms with Crippen molar-refractivity contribution >= 4 is 29.2 Å². The van der Waals surface area contributed by atoms with Crippen molar-refractivity contribution in [1.82, 2.24) is 0 Å². The van der Waals surface area contributed by atoms with Crippen LogP contribution in [0.4, 0.5) is 10.1 Å². The van der Waals surface area contributed by atoms with Crippen LogP contribution in [0.1, 0.15) is 20.7 Å². The smallest absolute Gasteiger partial charge is 0.335 e. The molecule has 2 N–H and O–H groups in total. The van der Waals surface area contributed by atoms with Gasteiger partial charge >= 0.3 is 5.97 Å². The number of anilines is 1. The van der Waals surface area contributed by atoms with Crippen LogP contribution in [0.25, 0.3) is 0 Å². The summed E-state index contributed by atoms with van der Waals surface area (Å²) >= 11 is 5.77. The largest absolute Gasteiger partial charge is 0.478 e. The van der Waals surface area contributed by atoms with Crippen molar-refractivity contribution in [2.75, 3.05) is 5.32 Å². The van der Waals surface area contributed by atoms with Crippen molar-refractivity contribution in [2.45, 2.75) is 0 Å². The van der Waals surface area contributed by atoms with Crippen LogP contribution in [0.2, 0.25) is 5.02 Å². The first-order valence-electron chi connectivity index (χ1n) is 5.56. The third kappa shape index (κ3) is 3.33. The number of aromatic carboxylic acids is 1. The lowest BCUT2D eigenvalue weighted by molar-refractivity contribution is 0.0697. The van der Waals surface area contributed by atoms with Crippen molar-refractivity contribution < 1.29 is 19.1 Å². The number of halogens is 2. The lowest BCUT2D eigenvalue weighted by Gasteiger charge is -2.06. The van der Waals surface area contributed by atoms with Gasteiger partial charge in [-0.1, -0.05) is 11.6 Å². The van der Waals surface area contributed by atoms with E-state index in [1.807, 2.05) is 0 Å². The van der Waals surface area contributed by atoms with Gasteiger partial charge in [0.2, 0.25) is 0 Å². The second-order valence-electron chi connectivity index (χ2n) is 3.99. The molecule has 0 spiro atoms. The van der Waals surface area contributed by atoms with Gasteiger partial charge in [0.25, 0.3) is 5.91 Å². The summed E-state index contributed by atoms with van der Waals surface area (Å²) in [5.74, 6) is -2.12. The molecule has 0 radical (unpaired) electrons. The van der Waals surface area contributed by atoms with E-state index < -0.39 is 17.7 Å². The predicted octanol–water partition coefficient (Wildman–Crippen LogP) is 3.43. The van der Waals surface area contributed by atoms with E-state index in [9.17, 15) is 14.0 Å². The van der Waals surface area contributed by atoms with Crippen molar-refractivity contribution in [3.63, 3.8) is 0 Å². The summed E-state index contributed by atoms with van der Waals surface area (Å²) in [4.78, 5) is 22.9. The molecule has 20 heavy (non-hydrogen) atoms. The van der Waals surface area contributed by atoms with E-state index in [0.717, 1.165) is 0 Å². The van der Waals surface area contributed by atoms with Gasteiger partial charge in [0.1, 0.15) is 5.82 Å². The predicted molar refractivity (Wildman–Crippen MR) is 72.8 cm³/mol. The highest BCUT2D eigenvalue weighted by Gasteiger charge is 2.12. The summed E-state index contributed by atoms with van der Waals surface area (Å²) in [5, 5.41) is 11.6. The average molecular weight is 294 g/mol. The number of benzene rings is 2. The molecule has 0 atom stereocenters. The maximum absolute atomic E-state index is 12.7. The molecule has 2 aromatic rings. The molecule has 0 bridgehead atoms. The van der Waals surface area contributed by atoms with E-state index in [0.29, 0.717) is 5.69 Å². The topological polar surface area (TPSA) is 66.4 Å². The lowest BCUT2D eigenvalue weighted by Crippen LogP contribution is -2.13. The highest BCUT2D eigenvalue weighted by atomic mass is 35.5. The van der Waals surface area contributed by atoms with Crippen LogP contribution in [-0.4, -0.2) is 17.0 Å². The van der Waals surface area contributed by atoms with Gasteiger partial charge in [-0.25, -0.2) is 9.18 Å². The third-order valence-electron chi connectivity index (χ3n) is 2.51. The zero-order valence-electron chi connectivity index (χ0n) is 10.1. The summed E-state index contributed by atoms with van der Waals surface area (Å²) in [5.41, 5.74) is 0.425. The van der Waals surface area contributed by atoms with Crippen molar-refractivity contribution in [3.05, 3.63) is 64.4 Å². The van der Waals surface area contributed by atoms with E-state index in [4.69, 9.17) is 16.7 Å². The molecule has 0 fully saturated rings. The minimum atomic E-state index is -1.18. The van der Waals surface area contributed by atoms with E-state index in [2.05, 4.69) is 5.32 Å². The number of carbonyl (C=O) groups excluding carboxylic acids is 1. The Bertz CT molecular complexity index is 671. The van der Waals surface area contributed by atoms with Gasteiger partial charge in [0, 0.05) is 16.3 Å². The molecule has 0 saturated carbocycles. The molecule has 6 heteroatoms. The highest BCUT2D eigenvalue weighted by molar-refractivity contribution is 6.31. The minimum Gasteiger partial charge on any atom is -0.478 e. The molecule has 0 unspecified atom stereocenters. The number of nitrogens with one attached hydrogen (secondary N) is 1. The Kier molecular flexibility index (Phi) is 4.00. The summed E-state index contributed by atoms with van der Waals surface area (Å²) in [6.07, 6.45) is 0. The van der Waals surface area contributed by atoms with E-state index in [1.54, 1.807) is 0 Å². The van der Waals surface area contributed by atoms with Crippen LogP contribution in [-0.2, 0) is 0 Å². The number of rotatable bonds is 3. The molecule has 0 aromatic heterocycles. The summed E-state index contributed by atoms with van der Waals surface area (Å²) in [7, 11) is 0. The zero-order valence-corrected chi connectivity index (χ0v) is 10.8. The van der Waals surface area contributed by atoms with Gasteiger partial charge in [-0.2, -0.15) is 0 Å². The van der Waals surface area contributed by atoms with Gasteiger partial charge in [-0.15, -0.1) is 0 Å². The number of amides is 1. The van der Waals surface area contributed by atoms with Gasteiger partial charge < -0.3 is 10.4 Å². The third-order valence-corrected chi connectivity index (χ3v) is 2.73. The van der Waals surface area contributed by atoms with Crippen LogP contribution in [0.15, 0.2) is 42.5 Å². The second kappa shape index (κ2) is 5.71. The fourth-order valence-corrected chi connectivity index (χ4v) is 1.82. The molecule has 2 rings (SSSR count). The molecule has 0 heterocycles. The number of hydrogen-bond acceptors (Lipinski definition) is 2. The molecule has 4 nitrogen and oxygen atoms in total. The normalized spacial score (nSPS) is 10.1. The Labute approximate surface area is 118 Å². The number of carbonyl (C=O) groups is 2. The number of hydrogen-bond donors (Lipinski definition) is 2. The lowest BCUT2D eigenvalue weighted by atomic mass is 10.1. The van der Waals surface area contributed by atoms with Crippen LogP contribution >= 0.6 is 11.6 Å². The van der Waals surface area contributed by atoms with Gasteiger partial charge in [-0.3, -0.25) is 4.79 Å². The first kappa shape index (κ1) is 14.0. The van der Waals surface area contributed by atoms with Crippen LogP contribution in [0.5, 0.6) is 0 Å². The molecule has 102 valence electrons. The van der Waals surface area contributed by atoms with Gasteiger partial charge in [-0.05, 0) is 42.5 Å². The molecule has 0 aliphatic carbocycles. The quantitative estimate of drug-likeness (QED) is 0.911. The molecule has 0 saturated heterocycles. The Morgan fingerprint density at radius 1 is 1.05 bits per heavy atom. The molecule has 0 aliphatic heterocycles. The molecular formula is C14H9ClFNO3. The van der Waals surface area contributed by atoms with Gasteiger partial charge in [0.15, 0.2) is 0 Å². The molecule has 2 aromatic carbocycles. The summed E-state index contributed by atoms with van der Waals surface area (Å²) < 4.78 is 12.7. The Morgan fingerprint density at radius 2 is 1.65 bits per heavy atom. The molecule has 1 amide bonds. The monoisotopic (exact) mass is 293 g/mol. The highest BCUT2D eigenvalue weighted by Crippen LogP contribution is 2.17. The first-order valence-corrected chi connectivity index (χ1v) is 5.94. The Morgan fingerprint density at radius 3 is 2.25 bits per heavy atom. The van der Waals surface area contributed by atoms with Crippen LogP contribution in [0.3, 0.4) is 0 Å². The Balaban J connectivity index is 2.25. The van der Waals surface area contributed by atoms with Crippen LogP contribution in [0, 0.1) is 5.82 Å². The van der Waals surface area contributed by atoms with E-state index >= 15 is 0 Å². The van der Waals surface area contributed by atoms with Crippen LogP contribution < -0.4 is 5.32 Å². The standard InChI is InChI=1S/C14H9ClFNO3/c15-10-6-8(5-9(7-10)14(19)20)13(18)17-12-3-1-11(16)2-4-12/h1-7H,(H,17,18)(H,19,20). The van der Waals surface area contributed by atoms with Crippen molar-refractivity contribution in [1.29, 1.82) is 0 Å². The SMILES string of the molecule is O=C(O)c1cc(Cl)cc(C(=O)Nc2ccc(F)cc2)c1. The number of carboxylic acids is 1. The maximum Gasteiger partial charge on any atom is 0.335 e. The fourth-order valence-electron chi connectivity index (χ4n) is 1.58. The van der Waals surface area contributed by atoms with E-state index in [-0.39, 0.29) is 16.1 Å². The average Bonchev–Trinajstić information content (AvgIpc) is 2.40.